The van der Waals surface area contributed by atoms with Crippen molar-refractivity contribution in [3.63, 3.8) is 0 Å². The standard InChI is InChI=1S/C31H45NO/c1-2-3-4-5-6-7-8-9-10-11-12-13-14-15-16-19-24-32-30-21-18-17-20-28(30)29-25-27(26-33)22-23-31(29)32/h17-18,20-23,25-26H,2-16,19,24H2,1H3. The number of hydrogen-bond donors (Lipinski definition) is 0. The second kappa shape index (κ2) is 14.9. The van der Waals surface area contributed by atoms with Crippen LogP contribution in [0.25, 0.3) is 21.8 Å². The maximum absolute atomic E-state index is 11.2. The second-order valence-corrected chi connectivity index (χ2v) is 9.87. The molecule has 0 radical (unpaired) electrons. The summed E-state index contributed by atoms with van der Waals surface area (Å²) in [5, 5.41) is 2.46. The van der Waals surface area contributed by atoms with Gasteiger partial charge in [-0.15, -0.1) is 0 Å². The van der Waals surface area contributed by atoms with E-state index in [9.17, 15) is 4.79 Å². The van der Waals surface area contributed by atoms with E-state index in [1.54, 1.807) is 0 Å². The molecule has 0 saturated heterocycles. The Labute approximate surface area is 201 Å². The average Bonchev–Trinajstić information content (AvgIpc) is 3.16. The molecule has 0 fully saturated rings. The zero-order valence-electron chi connectivity index (χ0n) is 21.0. The van der Waals surface area contributed by atoms with Crippen molar-refractivity contribution in [1.82, 2.24) is 4.57 Å². The number of fused-ring (bicyclic) bond motifs is 3. The molecule has 0 aliphatic heterocycles. The lowest BCUT2D eigenvalue weighted by atomic mass is 10.0. The quantitative estimate of drug-likeness (QED) is 0.140. The van der Waals surface area contributed by atoms with Gasteiger partial charge in [0.2, 0.25) is 0 Å². The fourth-order valence-corrected chi connectivity index (χ4v) is 5.20. The molecule has 0 amide bonds. The summed E-state index contributed by atoms with van der Waals surface area (Å²) < 4.78 is 2.45. The van der Waals surface area contributed by atoms with Gasteiger partial charge in [0.1, 0.15) is 6.29 Å². The number of para-hydroxylation sites is 1. The van der Waals surface area contributed by atoms with Crippen LogP contribution < -0.4 is 0 Å². The average molecular weight is 448 g/mol. The van der Waals surface area contributed by atoms with Crippen molar-refractivity contribution < 1.29 is 4.79 Å². The zero-order valence-corrected chi connectivity index (χ0v) is 21.0. The van der Waals surface area contributed by atoms with E-state index in [2.05, 4.69) is 41.8 Å². The summed E-state index contributed by atoms with van der Waals surface area (Å²) in [6.07, 6.45) is 23.4. The Bertz CT molecular complexity index is 954. The third-order valence-electron chi connectivity index (χ3n) is 7.17. The van der Waals surface area contributed by atoms with Crippen LogP contribution in [-0.2, 0) is 6.54 Å². The van der Waals surface area contributed by atoms with Crippen LogP contribution in [-0.4, -0.2) is 10.9 Å². The van der Waals surface area contributed by atoms with Crippen LogP contribution in [0.4, 0.5) is 0 Å². The van der Waals surface area contributed by atoms with Crippen molar-refractivity contribution in [3.8, 4) is 0 Å². The van der Waals surface area contributed by atoms with Crippen molar-refractivity contribution in [2.75, 3.05) is 0 Å². The highest BCUT2D eigenvalue weighted by Crippen LogP contribution is 2.30. The van der Waals surface area contributed by atoms with Crippen LogP contribution in [0, 0.1) is 0 Å². The van der Waals surface area contributed by atoms with E-state index in [0.29, 0.717) is 0 Å². The minimum Gasteiger partial charge on any atom is -0.340 e. The number of aldehydes is 1. The maximum Gasteiger partial charge on any atom is 0.150 e. The number of hydrogen-bond acceptors (Lipinski definition) is 1. The molecule has 0 aliphatic carbocycles. The molecule has 180 valence electrons. The molecule has 3 rings (SSSR count). The van der Waals surface area contributed by atoms with Crippen molar-refractivity contribution in [1.29, 1.82) is 0 Å². The van der Waals surface area contributed by atoms with Crippen LogP contribution in [0.2, 0.25) is 0 Å². The van der Waals surface area contributed by atoms with Crippen LogP contribution in [0.15, 0.2) is 42.5 Å². The van der Waals surface area contributed by atoms with E-state index >= 15 is 0 Å². The van der Waals surface area contributed by atoms with Gasteiger partial charge >= 0.3 is 0 Å². The highest BCUT2D eigenvalue weighted by Gasteiger charge is 2.10. The van der Waals surface area contributed by atoms with Crippen molar-refractivity contribution >= 4 is 28.1 Å². The Morgan fingerprint density at radius 1 is 0.606 bits per heavy atom. The molecule has 33 heavy (non-hydrogen) atoms. The van der Waals surface area contributed by atoms with Gasteiger partial charge in [-0.2, -0.15) is 0 Å². The third-order valence-corrected chi connectivity index (χ3v) is 7.17. The first-order valence-electron chi connectivity index (χ1n) is 13.8. The van der Waals surface area contributed by atoms with Gasteiger partial charge in [-0.3, -0.25) is 4.79 Å². The summed E-state index contributed by atoms with van der Waals surface area (Å²) >= 11 is 0. The van der Waals surface area contributed by atoms with Gasteiger partial charge in [0, 0.05) is 33.9 Å². The molecule has 0 bridgehead atoms. The van der Waals surface area contributed by atoms with E-state index in [1.165, 1.54) is 125 Å². The number of rotatable bonds is 18. The second-order valence-electron chi connectivity index (χ2n) is 9.87. The van der Waals surface area contributed by atoms with E-state index in [0.717, 1.165) is 18.4 Å². The number of aromatic nitrogens is 1. The molecule has 1 aromatic heterocycles. The minimum absolute atomic E-state index is 0.757. The first kappa shape index (κ1) is 25.5. The first-order valence-corrected chi connectivity index (χ1v) is 13.8. The smallest absolute Gasteiger partial charge is 0.150 e. The fourth-order valence-electron chi connectivity index (χ4n) is 5.20. The van der Waals surface area contributed by atoms with Gasteiger partial charge in [-0.1, -0.05) is 121 Å². The monoisotopic (exact) mass is 447 g/mol. The van der Waals surface area contributed by atoms with Gasteiger partial charge in [-0.25, -0.2) is 0 Å². The van der Waals surface area contributed by atoms with Gasteiger partial charge in [0.15, 0.2) is 0 Å². The maximum atomic E-state index is 11.2. The molecule has 0 atom stereocenters. The fraction of sp³-hybridized carbons (Fsp3) is 0.581. The van der Waals surface area contributed by atoms with Gasteiger partial charge in [0.25, 0.3) is 0 Å². The predicted molar refractivity (Wildman–Crippen MR) is 144 cm³/mol. The topological polar surface area (TPSA) is 22.0 Å². The Morgan fingerprint density at radius 2 is 1.12 bits per heavy atom. The first-order chi connectivity index (χ1) is 16.3. The largest absolute Gasteiger partial charge is 0.340 e. The van der Waals surface area contributed by atoms with E-state index in [-0.39, 0.29) is 0 Å². The summed E-state index contributed by atoms with van der Waals surface area (Å²) in [4.78, 5) is 11.2. The van der Waals surface area contributed by atoms with Crippen LogP contribution in [0.5, 0.6) is 0 Å². The molecule has 2 heteroatoms. The van der Waals surface area contributed by atoms with E-state index < -0.39 is 0 Å². The summed E-state index contributed by atoms with van der Waals surface area (Å²) in [6, 6.07) is 14.7. The molecular weight excluding hydrogens is 402 g/mol. The Hall–Kier alpha value is -2.09. The molecule has 0 aliphatic rings. The number of carbonyl (C=O) groups is 1. The van der Waals surface area contributed by atoms with Crippen molar-refractivity contribution in [2.45, 2.75) is 116 Å². The molecule has 0 N–H and O–H groups in total. The Balaban J connectivity index is 1.27. The normalized spacial score (nSPS) is 11.5. The van der Waals surface area contributed by atoms with Crippen molar-refractivity contribution in [3.05, 3.63) is 48.0 Å². The Kier molecular flexibility index (Phi) is 11.6. The van der Waals surface area contributed by atoms with Gasteiger partial charge < -0.3 is 4.57 Å². The lowest BCUT2D eigenvalue weighted by Gasteiger charge is -2.08. The number of nitrogens with zero attached hydrogens (tertiary/aromatic N) is 1. The Morgan fingerprint density at radius 3 is 1.70 bits per heavy atom. The van der Waals surface area contributed by atoms with Gasteiger partial charge in [0.05, 0.1) is 0 Å². The summed E-state index contributed by atoms with van der Waals surface area (Å²) in [6.45, 7) is 3.35. The summed E-state index contributed by atoms with van der Waals surface area (Å²) in [5.74, 6) is 0. The van der Waals surface area contributed by atoms with Crippen LogP contribution in [0.3, 0.4) is 0 Å². The lowest BCUT2D eigenvalue weighted by Crippen LogP contribution is -1.97. The van der Waals surface area contributed by atoms with Gasteiger partial charge in [-0.05, 0) is 30.7 Å². The highest BCUT2D eigenvalue weighted by atomic mass is 16.1. The number of carbonyl (C=O) groups excluding carboxylic acids is 1. The molecule has 0 saturated carbocycles. The number of aryl methyl sites for hydroxylation is 1. The predicted octanol–water partition coefficient (Wildman–Crippen LogP) is 9.87. The molecule has 1 heterocycles. The molecule has 0 spiro atoms. The molecule has 0 unspecified atom stereocenters. The van der Waals surface area contributed by atoms with Crippen molar-refractivity contribution in [2.24, 2.45) is 0 Å². The van der Waals surface area contributed by atoms with E-state index in [1.807, 2.05) is 12.1 Å². The lowest BCUT2D eigenvalue weighted by molar-refractivity contribution is 0.112. The summed E-state index contributed by atoms with van der Waals surface area (Å²) in [5.41, 5.74) is 3.30. The minimum atomic E-state index is 0.757. The summed E-state index contributed by atoms with van der Waals surface area (Å²) in [7, 11) is 0. The number of unbranched alkanes of at least 4 members (excludes halogenated alkanes) is 15. The highest BCUT2D eigenvalue weighted by molar-refractivity contribution is 6.09. The molecule has 2 aromatic carbocycles. The third kappa shape index (κ3) is 8.02. The van der Waals surface area contributed by atoms with Crippen LogP contribution in [0.1, 0.15) is 120 Å². The SMILES string of the molecule is CCCCCCCCCCCCCCCCCCn1c2ccccc2c2cc(C=O)ccc21. The molecule has 2 nitrogen and oxygen atoms in total. The van der Waals surface area contributed by atoms with Crippen LogP contribution >= 0.6 is 0 Å². The number of benzene rings is 2. The molecule has 3 aromatic rings. The molecular formula is C31H45NO. The zero-order chi connectivity index (χ0) is 23.1. The van der Waals surface area contributed by atoms with E-state index in [4.69, 9.17) is 0 Å².